The summed E-state index contributed by atoms with van der Waals surface area (Å²) in [5.41, 5.74) is 4.35. The van der Waals surface area contributed by atoms with E-state index >= 15 is 0 Å². The number of ether oxygens (including phenoxy) is 1. The third kappa shape index (κ3) is 4.18. The number of rotatable bonds is 5. The molecule has 1 aromatic heterocycles. The van der Waals surface area contributed by atoms with Crippen molar-refractivity contribution in [1.29, 1.82) is 0 Å². The first kappa shape index (κ1) is 19.1. The molecule has 0 aliphatic carbocycles. The van der Waals surface area contributed by atoms with Crippen LogP contribution in [0.5, 0.6) is 5.75 Å². The van der Waals surface area contributed by atoms with E-state index in [1.807, 2.05) is 31.2 Å². The standard InChI is InChI=1S/C23H19FN2O2/c1-4-16-5-7-20(13-22(16)24)28-14-19-12-18(9-10-26-19)17-6-8-21(15(2)11-17)23(27)25-3/h1,5-13H,14H2,2-3H3,(H,25,27). The van der Waals surface area contributed by atoms with Crippen LogP contribution in [0.4, 0.5) is 4.39 Å². The molecule has 0 radical (unpaired) electrons. The van der Waals surface area contributed by atoms with Gasteiger partial charge in [-0.25, -0.2) is 4.39 Å². The van der Waals surface area contributed by atoms with E-state index in [0.717, 1.165) is 16.7 Å². The van der Waals surface area contributed by atoms with Crippen molar-refractivity contribution in [2.75, 3.05) is 7.05 Å². The Hall–Kier alpha value is -3.65. The van der Waals surface area contributed by atoms with Crippen molar-refractivity contribution >= 4 is 5.91 Å². The Morgan fingerprint density at radius 2 is 1.96 bits per heavy atom. The number of aryl methyl sites for hydroxylation is 1. The third-order valence-electron chi connectivity index (χ3n) is 4.33. The van der Waals surface area contributed by atoms with Crippen LogP contribution in [0.1, 0.15) is 27.2 Å². The quantitative estimate of drug-likeness (QED) is 0.684. The van der Waals surface area contributed by atoms with Gasteiger partial charge in [0.1, 0.15) is 18.2 Å². The van der Waals surface area contributed by atoms with Crippen molar-refractivity contribution in [3.8, 4) is 29.2 Å². The van der Waals surface area contributed by atoms with E-state index in [4.69, 9.17) is 11.2 Å². The van der Waals surface area contributed by atoms with Crippen LogP contribution < -0.4 is 10.1 Å². The summed E-state index contributed by atoms with van der Waals surface area (Å²) in [6.07, 6.45) is 6.91. The lowest BCUT2D eigenvalue weighted by Gasteiger charge is -2.10. The van der Waals surface area contributed by atoms with Crippen LogP contribution in [0, 0.1) is 25.1 Å². The Balaban J connectivity index is 1.77. The highest BCUT2D eigenvalue weighted by Gasteiger charge is 2.09. The van der Waals surface area contributed by atoms with Crippen molar-refractivity contribution in [3.05, 3.63) is 82.9 Å². The summed E-state index contributed by atoms with van der Waals surface area (Å²) in [6.45, 7) is 2.09. The van der Waals surface area contributed by atoms with Crippen LogP contribution in [0.2, 0.25) is 0 Å². The average Bonchev–Trinajstić information content (AvgIpc) is 2.72. The van der Waals surface area contributed by atoms with Gasteiger partial charge < -0.3 is 10.1 Å². The molecule has 1 amide bonds. The second kappa shape index (κ2) is 8.36. The Morgan fingerprint density at radius 1 is 1.18 bits per heavy atom. The molecule has 0 unspecified atom stereocenters. The number of carbonyl (C=O) groups excluding carboxylic acids is 1. The Labute approximate surface area is 163 Å². The molecule has 0 atom stereocenters. The number of hydrogen-bond donors (Lipinski definition) is 1. The lowest BCUT2D eigenvalue weighted by molar-refractivity contribution is 0.0962. The number of nitrogens with zero attached hydrogens (tertiary/aromatic N) is 1. The van der Waals surface area contributed by atoms with Crippen molar-refractivity contribution in [1.82, 2.24) is 10.3 Å². The monoisotopic (exact) mass is 374 g/mol. The van der Waals surface area contributed by atoms with Crippen molar-refractivity contribution in [2.24, 2.45) is 0 Å². The molecule has 0 aliphatic heterocycles. The summed E-state index contributed by atoms with van der Waals surface area (Å²) < 4.78 is 19.4. The van der Waals surface area contributed by atoms with Gasteiger partial charge in [-0.3, -0.25) is 9.78 Å². The molecule has 0 aliphatic rings. The molecule has 0 saturated heterocycles. The maximum Gasteiger partial charge on any atom is 0.251 e. The molecule has 5 heteroatoms. The molecule has 1 N–H and O–H groups in total. The number of aromatic nitrogens is 1. The minimum Gasteiger partial charge on any atom is -0.487 e. The van der Waals surface area contributed by atoms with Gasteiger partial charge in [0, 0.05) is 24.9 Å². The Bertz CT molecular complexity index is 1070. The summed E-state index contributed by atoms with van der Waals surface area (Å²) in [7, 11) is 1.61. The van der Waals surface area contributed by atoms with Gasteiger partial charge in [-0.05, 0) is 53.9 Å². The molecule has 2 aromatic carbocycles. The lowest BCUT2D eigenvalue weighted by atomic mass is 9.99. The molecule has 28 heavy (non-hydrogen) atoms. The molecule has 1 heterocycles. The first-order valence-electron chi connectivity index (χ1n) is 8.69. The van der Waals surface area contributed by atoms with Gasteiger partial charge in [-0.15, -0.1) is 6.42 Å². The summed E-state index contributed by atoms with van der Waals surface area (Å²) in [6, 6.07) is 13.8. The predicted molar refractivity (Wildman–Crippen MR) is 106 cm³/mol. The van der Waals surface area contributed by atoms with Gasteiger partial charge in [0.05, 0.1) is 11.3 Å². The van der Waals surface area contributed by atoms with Gasteiger partial charge in [0.15, 0.2) is 0 Å². The smallest absolute Gasteiger partial charge is 0.251 e. The Morgan fingerprint density at radius 3 is 2.64 bits per heavy atom. The molecule has 0 fully saturated rings. The summed E-state index contributed by atoms with van der Waals surface area (Å²) in [4.78, 5) is 16.1. The maximum absolute atomic E-state index is 13.7. The molecule has 0 bridgehead atoms. The highest BCUT2D eigenvalue weighted by molar-refractivity contribution is 5.96. The van der Waals surface area contributed by atoms with E-state index in [0.29, 0.717) is 17.0 Å². The van der Waals surface area contributed by atoms with Crippen LogP contribution in [0.15, 0.2) is 54.7 Å². The average molecular weight is 374 g/mol. The molecule has 3 aromatic rings. The zero-order valence-corrected chi connectivity index (χ0v) is 15.6. The second-order valence-electron chi connectivity index (χ2n) is 6.22. The summed E-state index contributed by atoms with van der Waals surface area (Å²) in [5, 5.41) is 2.63. The number of pyridine rings is 1. The maximum atomic E-state index is 13.7. The minimum atomic E-state index is -0.492. The summed E-state index contributed by atoms with van der Waals surface area (Å²) in [5.74, 6) is 2.05. The number of benzene rings is 2. The van der Waals surface area contributed by atoms with Crippen molar-refractivity contribution in [3.63, 3.8) is 0 Å². The van der Waals surface area contributed by atoms with E-state index in [1.54, 1.807) is 25.4 Å². The van der Waals surface area contributed by atoms with Gasteiger partial charge in [0.2, 0.25) is 0 Å². The second-order valence-corrected chi connectivity index (χ2v) is 6.22. The zero-order valence-electron chi connectivity index (χ0n) is 15.6. The molecule has 0 spiro atoms. The third-order valence-corrected chi connectivity index (χ3v) is 4.33. The topological polar surface area (TPSA) is 51.2 Å². The molecule has 4 nitrogen and oxygen atoms in total. The van der Waals surface area contributed by atoms with Crippen molar-refractivity contribution < 1.29 is 13.9 Å². The fourth-order valence-electron chi connectivity index (χ4n) is 2.83. The number of nitrogens with one attached hydrogen (secondary N) is 1. The number of halogens is 1. The number of amides is 1. The van der Waals surface area contributed by atoms with Gasteiger partial charge in [-0.1, -0.05) is 18.1 Å². The lowest BCUT2D eigenvalue weighted by Crippen LogP contribution is -2.18. The SMILES string of the molecule is C#Cc1ccc(OCc2cc(-c3ccc(C(=O)NC)c(C)c3)ccn2)cc1F. The molecular formula is C23H19FN2O2. The van der Waals surface area contributed by atoms with E-state index < -0.39 is 5.82 Å². The van der Waals surface area contributed by atoms with Crippen LogP contribution >= 0.6 is 0 Å². The largest absolute Gasteiger partial charge is 0.487 e. The van der Waals surface area contributed by atoms with Gasteiger partial charge >= 0.3 is 0 Å². The van der Waals surface area contributed by atoms with Crippen molar-refractivity contribution in [2.45, 2.75) is 13.5 Å². The van der Waals surface area contributed by atoms with E-state index in [1.165, 1.54) is 12.1 Å². The van der Waals surface area contributed by atoms with Crippen LogP contribution in [-0.4, -0.2) is 17.9 Å². The normalized spacial score (nSPS) is 10.2. The first-order valence-corrected chi connectivity index (χ1v) is 8.69. The molecule has 0 saturated carbocycles. The zero-order chi connectivity index (χ0) is 20.1. The number of carbonyl (C=O) groups is 1. The van der Waals surface area contributed by atoms with Crippen LogP contribution in [0.3, 0.4) is 0 Å². The van der Waals surface area contributed by atoms with Crippen LogP contribution in [-0.2, 0) is 6.61 Å². The predicted octanol–water partition coefficient (Wildman–Crippen LogP) is 4.12. The van der Waals surface area contributed by atoms with Gasteiger partial charge in [0.25, 0.3) is 5.91 Å². The first-order chi connectivity index (χ1) is 13.5. The van der Waals surface area contributed by atoms with Gasteiger partial charge in [-0.2, -0.15) is 0 Å². The van der Waals surface area contributed by atoms with E-state index in [9.17, 15) is 9.18 Å². The highest BCUT2D eigenvalue weighted by atomic mass is 19.1. The fraction of sp³-hybridized carbons (Fsp3) is 0.130. The van der Waals surface area contributed by atoms with E-state index in [-0.39, 0.29) is 18.1 Å². The fourth-order valence-corrected chi connectivity index (χ4v) is 2.83. The highest BCUT2D eigenvalue weighted by Crippen LogP contribution is 2.23. The molecule has 140 valence electrons. The Kier molecular flexibility index (Phi) is 5.71. The summed E-state index contributed by atoms with van der Waals surface area (Å²) >= 11 is 0. The minimum absolute atomic E-state index is 0.115. The molecular weight excluding hydrogens is 355 g/mol. The number of terminal acetylenes is 1. The van der Waals surface area contributed by atoms with E-state index in [2.05, 4.69) is 16.2 Å². The van der Waals surface area contributed by atoms with Crippen LogP contribution in [0.25, 0.3) is 11.1 Å². The number of hydrogen-bond acceptors (Lipinski definition) is 3. The molecule has 3 rings (SSSR count).